The lowest BCUT2D eigenvalue weighted by atomic mass is 10.1. The molecular weight excluding hydrogens is 212 g/mol. The van der Waals surface area contributed by atoms with Gasteiger partial charge in [-0.15, -0.1) is 0 Å². The monoisotopic (exact) mass is 236 g/mol. The van der Waals surface area contributed by atoms with E-state index in [9.17, 15) is 5.11 Å². The summed E-state index contributed by atoms with van der Waals surface area (Å²) in [6, 6.07) is 0. The summed E-state index contributed by atoms with van der Waals surface area (Å²) >= 11 is 0. The second kappa shape index (κ2) is 6.73. The Balaban J connectivity index is 3.96. The Morgan fingerprint density at radius 1 is 1.36 bits per heavy atom. The molecule has 0 saturated carbocycles. The van der Waals surface area contributed by atoms with Gasteiger partial charge in [0, 0.05) is 0 Å². The lowest BCUT2D eigenvalue weighted by Gasteiger charge is -2.25. The molecule has 2 N–H and O–H groups in total. The Labute approximate surface area is 90.6 Å². The Morgan fingerprint density at radius 2 is 1.93 bits per heavy atom. The molecule has 0 aromatic rings. The van der Waals surface area contributed by atoms with Gasteiger partial charge in [0.2, 0.25) is 0 Å². The van der Waals surface area contributed by atoms with Crippen molar-refractivity contribution < 1.29 is 14.3 Å². The van der Waals surface area contributed by atoms with Gasteiger partial charge < -0.3 is 14.3 Å². The average molecular weight is 236 g/mol. The molecule has 0 spiro atoms. The third kappa shape index (κ3) is 6.72. The second-order valence-corrected chi connectivity index (χ2v) is 11.5. The van der Waals surface area contributed by atoms with Gasteiger partial charge in [-0.3, -0.25) is 0 Å². The van der Waals surface area contributed by atoms with Crippen LogP contribution < -0.4 is 0 Å². The minimum Gasteiger partial charge on any atom is -0.460 e. The van der Waals surface area contributed by atoms with Gasteiger partial charge in [0.25, 0.3) is 0 Å². The van der Waals surface area contributed by atoms with Crippen LogP contribution in [-0.2, 0) is 4.12 Å². The van der Waals surface area contributed by atoms with Crippen LogP contribution in [0.3, 0.4) is 0 Å². The van der Waals surface area contributed by atoms with Crippen LogP contribution >= 0.6 is 0 Å². The molecule has 14 heavy (non-hydrogen) atoms. The molecule has 0 fully saturated rings. The Morgan fingerprint density at radius 3 is 2.29 bits per heavy atom. The maximum atomic E-state index is 9.57. The second-order valence-electron chi connectivity index (χ2n) is 4.72. The zero-order chi connectivity index (χ0) is 11.2. The topological polar surface area (TPSA) is 49.7 Å². The number of rotatable bonds is 7. The molecule has 0 heterocycles. The lowest BCUT2D eigenvalue weighted by molar-refractivity contribution is 0.0843. The van der Waals surface area contributed by atoms with E-state index in [1.807, 2.05) is 0 Å². The first-order valence-electron chi connectivity index (χ1n) is 5.33. The molecule has 5 heteroatoms. The van der Waals surface area contributed by atoms with Gasteiger partial charge in [0.1, 0.15) is 0 Å². The molecule has 0 aromatic heterocycles. The van der Waals surface area contributed by atoms with Gasteiger partial charge in [0.05, 0.1) is 12.7 Å². The molecule has 0 saturated heterocycles. The number of hydrogen-bond donors (Lipinski definition) is 2. The van der Waals surface area contributed by atoms with Crippen molar-refractivity contribution in [3.05, 3.63) is 0 Å². The minimum absolute atomic E-state index is 0.132. The molecule has 0 radical (unpaired) electrons. The van der Waals surface area contributed by atoms with Crippen LogP contribution in [0.25, 0.3) is 0 Å². The maximum Gasteiger partial charge on any atom is 0.169 e. The van der Waals surface area contributed by atoms with Crippen LogP contribution in [0.1, 0.15) is 19.8 Å². The van der Waals surface area contributed by atoms with Gasteiger partial charge in [-0.25, -0.2) is 0 Å². The Bertz CT molecular complexity index is 147. The number of aliphatic hydroxyl groups is 2. The predicted octanol–water partition coefficient (Wildman–Crippen LogP) is 0.863. The van der Waals surface area contributed by atoms with Crippen molar-refractivity contribution in [2.75, 3.05) is 6.61 Å². The lowest BCUT2D eigenvalue weighted by Crippen LogP contribution is -2.33. The molecular formula is C9H24O3Si2. The van der Waals surface area contributed by atoms with E-state index in [-0.39, 0.29) is 12.1 Å². The molecule has 0 rings (SSSR count). The van der Waals surface area contributed by atoms with E-state index in [1.54, 1.807) is 0 Å². The largest absolute Gasteiger partial charge is 0.460 e. The number of aliphatic hydroxyl groups excluding tert-OH is 2. The van der Waals surface area contributed by atoms with E-state index < -0.39 is 24.2 Å². The smallest absolute Gasteiger partial charge is 0.169 e. The third-order valence-corrected chi connectivity index (χ3v) is 7.63. The highest BCUT2D eigenvalue weighted by Gasteiger charge is 2.22. The van der Waals surface area contributed by atoms with Gasteiger partial charge in [-0.1, -0.05) is 13.3 Å². The first-order valence-corrected chi connectivity index (χ1v) is 10.1. The van der Waals surface area contributed by atoms with Crippen molar-refractivity contribution in [2.45, 2.75) is 51.1 Å². The molecule has 0 bridgehead atoms. The molecule has 0 aliphatic heterocycles. The fraction of sp³-hybridized carbons (Fsp3) is 1.00. The molecule has 0 aliphatic carbocycles. The van der Waals surface area contributed by atoms with Crippen LogP contribution in [-0.4, -0.2) is 41.0 Å². The molecule has 0 amide bonds. The fourth-order valence-corrected chi connectivity index (χ4v) is 5.07. The molecule has 2 unspecified atom stereocenters. The van der Waals surface area contributed by atoms with Gasteiger partial charge in [-0.05, 0) is 31.6 Å². The Kier molecular flexibility index (Phi) is 6.89. The Hall–Kier alpha value is 0.314. The highest BCUT2D eigenvalue weighted by molar-refractivity contribution is 6.74. The van der Waals surface area contributed by atoms with Crippen molar-refractivity contribution in [1.29, 1.82) is 0 Å². The average Bonchev–Trinajstić information content (AvgIpc) is 2.09. The normalized spacial score (nSPS) is 17.6. The summed E-state index contributed by atoms with van der Waals surface area (Å²) in [7, 11) is -2.14. The zero-order valence-electron chi connectivity index (χ0n) is 9.79. The summed E-state index contributed by atoms with van der Waals surface area (Å²) in [4.78, 5) is 0. The summed E-state index contributed by atoms with van der Waals surface area (Å²) < 4.78 is 5.87. The van der Waals surface area contributed by atoms with Crippen LogP contribution in [0.5, 0.6) is 0 Å². The van der Waals surface area contributed by atoms with E-state index in [0.29, 0.717) is 0 Å². The van der Waals surface area contributed by atoms with E-state index in [0.717, 1.165) is 12.8 Å². The van der Waals surface area contributed by atoms with Crippen molar-refractivity contribution in [3.8, 4) is 0 Å². The summed E-state index contributed by atoms with van der Waals surface area (Å²) in [5, 5.41) is 18.5. The van der Waals surface area contributed by atoms with Gasteiger partial charge in [0.15, 0.2) is 18.1 Å². The third-order valence-electron chi connectivity index (χ3n) is 2.12. The van der Waals surface area contributed by atoms with E-state index in [2.05, 4.69) is 26.6 Å². The van der Waals surface area contributed by atoms with Crippen LogP contribution in [0.4, 0.5) is 0 Å². The van der Waals surface area contributed by atoms with Gasteiger partial charge in [-0.2, -0.15) is 0 Å². The van der Waals surface area contributed by atoms with E-state index in [1.165, 1.54) is 0 Å². The van der Waals surface area contributed by atoms with Crippen molar-refractivity contribution in [1.82, 2.24) is 0 Å². The highest BCUT2D eigenvalue weighted by atomic mass is 28.4. The highest BCUT2D eigenvalue weighted by Crippen LogP contribution is 2.19. The SMILES string of the molecule is CCCC([SiH2]O[Si](C)(C)C)C(O)CO. The summed E-state index contributed by atoms with van der Waals surface area (Å²) in [5.74, 6) is 0. The minimum atomic E-state index is -1.44. The first-order chi connectivity index (χ1) is 6.40. The van der Waals surface area contributed by atoms with Crippen LogP contribution in [0, 0.1) is 0 Å². The summed E-state index contributed by atoms with van der Waals surface area (Å²) in [6.45, 7) is 8.45. The van der Waals surface area contributed by atoms with Crippen molar-refractivity contribution in [3.63, 3.8) is 0 Å². The summed E-state index contributed by atoms with van der Waals surface area (Å²) in [5.41, 5.74) is 0.219. The maximum absolute atomic E-state index is 9.57. The first kappa shape index (κ1) is 14.3. The van der Waals surface area contributed by atoms with Crippen molar-refractivity contribution >= 4 is 18.1 Å². The van der Waals surface area contributed by atoms with Gasteiger partial charge >= 0.3 is 0 Å². The fourth-order valence-electron chi connectivity index (χ4n) is 1.26. The van der Waals surface area contributed by atoms with Crippen LogP contribution in [0.15, 0.2) is 0 Å². The van der Waals surface area contributed by atoms with E-state index >= 15 is 0 Å². The molecule has 86 valence electrons. The van der Waals surface area contributed by atoms with E-state index in [4.69, 9.17) is 9.22 Å². The quantitative estimate of drug-likeness (QED) is 0.645. The molecule has 2 atom stereocenters. The molecule has 0 aliphatic rings. The van der Waals surface area contributed by atoms with Crippen molar-refractivity contribution in [2.24, 2.45) is 0 Å². The predicted molar refractivity (Wildman–Crippen MR) is 64.7 cm³/mol. The standard InChI is InChI=1S/C9H24O3Si2/c1-5-6-9(8(11)7-10)13-12-14(2,3)4/h8-11H,5-7,13H2,1-4H3. The van der Waals surface area contributed by atoms with Crippen LogP contribution in [0.2, 0.25) is 25.2 Å². The molecule has 3 nitrogen and oxygen atoms in total. The number of hydrogen-bond acceptors (Lipinski definition) is 3. The zero-order valence-corrected chi connectivity index (χ0v) is 12.2. The molecule has 0 aromatic carbocycles. The summed E-state index contributed by atoms with van der Waals surface area (Å²) in [6.07, 6.45) is 1.44.